The summed E-state index contributed by atoms with van der Waals surface area (Å²) in [5.41, 5.74) is 8.88. The predicted molar refractivity (Wildman–Crippen MR) is 74.5 cm³/mol. The Morgan fingerprint density at radius 2 is 2.06 bits per heavy atom. The van der Waals surface area contributed by atoms with Crippen LogP contribution in [0.3, 0.4) is 0 Å². The average Bonchev–Trinajstić information content (AvgIpc) is 2.79. The number of benzene rings is 1. The van der Waals surface area contributed by atoms with Crippen molar-refractivity contribution in [1.29, 1.82) is 0 Å². The maximum Gasteiger partial charge on any atom is 0.226 e. The average molecular weight is 244 g/mol. The first kappa shape index (κ1) is 12.7. The van der Waals surface area contributed by atoms with Crippen LogP contribution in [0.4, 0.5) is 0 Å². The van der Waals surface area contributed by atoms with Gasteiger partial charge in [-0.25, -0.2) is 0 Å². The summed E-state index contributed by atoms with van der Waals surface area (Å²) < 4.78 is 0. The number of carbonyl (C=O) groups excluding carboxylic acids is 1. The van der Waals surface area contributed by atoms with Crippen LogP contribution in [0.15, 0.2) is 24.3 Å². The first-order chi connectivity index (χ1) is 8.77. The molecule has 0 saturated heterocycles. The van der Waals surface area contributed by atoms with Crippen LogP contribution in [0.25, 0.3) is 10.9 Å². The number of primary amides is 1. The van der Waals surface area contributed by atoms with Gasteiger partial charge in [-0.2, -0.15) is 0 Å². The number of H-pyrrole nitrogens is 1. The van der Waals surface area contributed by atoms with E-state index < -0.39 is 0 Å². The highest BCUT2D eigenvalue weighted by atomic mass is 16.1. The van der Waals surface area contributed by atoms with Crippen molar-refractivity contribution in [1.82, 2.24) is 4.98 Å². The van der Waals surface area contributed by atoms with Gasteiger partial charge in [-0.05, 0) is 30.9 Å². The number of nitrogens with one attached hydrogen (secondary N) is 1. The van der Waals surface area contributed by atoms with Gasteiger partial charge < -0.3 is 10.7 Å². The molecule has 0 spiro atoms. The van der Waals surface area contributed by atoms with Gasteiger partial charge in [0.25, 0.3) is 0 Å². The molecule has 96 valence electrons. The van der Waals surface area contributed by atoms with Gasteiger partial charge in [-0.3, -0.25) is 4.79 Å². The number of carbonyl (C=O) groups is 1. The lowest BCUT2D eigenvalue weighted by atomic mass is 9.86. The third kappa shape index (κ3) is 2.01. The highest BCUT2D eigenvalue weighted by molar-refractivity contribution is 5.89. The van der Waals surface area contributed by atoms with E-state index in [4.69, 9.17) is 5.73 Å². The van der Waals surface area contributed by atoms with Gasteiger partial charge in [0.1, 0.15) is 0 Å². The second-order valence-corrected chi connectivity index (χ2v) is 4.41. The zero-order chi connectivity index (χ0) is 13.1. The molecule has 1 aromatic carbocycles. The SMILES string of the molecule is CC.NC(=O)C1CCCc2c1[nH]c1ccccc21. The largest absolute Gasteiger partial charge is 0.369 e. The van der Waals surface area contributed by atoms with Crippen LogP contribution in [-0.2, 0) is 11.2 Å². The lowest BCUT2D eigenvalue weighted by molar-refractivity contribution is -0.119. The van der Waals surface area contributed by atoms with E-state index in [0.717, 1.165) is 30.5 Å². The Kier molecular flexibility index (Phi) is 3.70. The molecule has 0 fully saturated rings. The molecule has 1 aromatic heterocycles. The quantitative estimate of drug-likeness (QED) is 0.795. The highest BCUT2D eigenvalue weighted by Gasteiger charge is 2.27. The molecular formula is C15H20N2O. The molecule has 1 amide bonds. The fourth-order valence-corrected chi connectivity index (χ4v) is 2.70. The fraction of sp³-hybridized carbons (Fsp3) is 0.400. The van der Waals surface area contributed by atoms with E-state index in [9.17, 15) is 4.79 Å². The number of aromatic nitrogens is 1. The Labute approximate surface area is 107 Å². The van der Waals surface area contributed by atoms with Gasteiger partial charge in [-0.1, -0.05) is 32.0 Å². The summed E-state index contributed by atoms with van der Waals surface area (Å²) >= 11 is 0. The van der Waals surface area contributed by atoms with E-state index in [0.29, 0.717) is 0 Å². The van der Waals surface area contributed by atoms with E-state index in [-0.39, 0.29) is 11.8 Å². The molecule has 1 heterocycles. The summed E-state index contributed by atoms with van der Waals surface area (Å²) in [4.78, 5) is 14.7. The van der Waals surface area contributed by atoms with Crippen molar-refractivity contribution in [2.75, 3.05) is 0 Å². The Balaban J connectivity index is 0.000000574. The first-order valence-electron chi connectivity index (χ1n) is 6.66. The molecule has 2 aromatic rings. The van der Waals surface area contributed by atoms with Crippen LogP contribution in [0.2, 0.25) is 0 Å². The molecule has 0 aliphatic heterocycles. The van der Waals surface area contributed by atoms with Crippen LogP contribution < -0.4 is 5.73 Å². The third-order valence-corrected chi connectivity index (χ3v) is 3.46. The number of aryl methyl sites for hydroxylation is 1. The minimum Gasteiger partial charge on any atom is -0.369 e. The Bertz CT molecular complexity index is 557. The van der Waals surface area contributed by atoms with Crippen LogP contribution in [0.5, 0.6) is 0 Å². The molecule has 3 nitrogen and oxygen atoms in total. The molecule has 0 saturated carbocycles. The Morgan fingerprint density at radius 1 is 1.33 bits per heavy atom. The van der Waals surface area contributed by atoms with E-state index in [1.807, 2.05) is 32.0 Å². The monoisotopic (exact) mass is 244 g/mol. The van der Waals surface area contributed by atoms with E-state index in [1.54, 1.807) is 0 Å². The van der Waals surface area contributed by atoms with E-state index >= 15 is 0 Å². The number of nitrogens with two attached hydrogens (primary N) is 1. The summed E-state index contributed by atoms with van der Waals surface area (Å²) in [5.74, 6) is -0.344. The number of fused-ring (bicyclic) bond motifs is 3. The normalized spacial score (nSPS) is 17.8. The van der Waals surface area contributed by atoms with Crippen molar-refractivity contribution in [2.24, 2.45) is 5.73 Å². The predicted octanol–water partition coefficient (Wildman–Crippen LogP) is 3.10. The maximum atomic E-state index is 11.4. The van der Waals surface area contributed by atoms with E-state index in [1.165, 1.54) is 10.9 Å². The third-order valence-electron chi connectivity index (χ3n) is 3.46. The van der Waals surface area contributed by atoms with Gasteiger partial charge in [0.2, 0.25) is 5.91 Å². The van der Waals surface area contributed by atoms with E-state index in [2.05, 4.69) is 11.1 Å². The minimum absolute atomic E-state index is 0.129. The number of hydrogen-bond donors (Lipinski definition) is 2. The molecule has 3 N–H and O–H groups in total. The number of para-hydroxylation sites is 1. The molecule has 3 rings (SSSR count). The van der Waals surface area contributed by atoms with Crippen LogP contribution in [0.1, 0.15) is 43.9 Å². The van der Waals surface area contributed by atoms with Crippen molar-refractivity contribution in [3.63, 3.8) is 0 Å². The number of hydrogen-bond acceptors (Lipinski definition) is 1. The van der Waals surface area contributed by atoms with Crippen molar-refractivity contribution >= 4 is 16.8 Å². The van der Waals surface area contributed by atoms with Crippen molar-refractivity contribution < 1.29 is 4.79 Å². The summed E-state index contributed by atoms with van der Waals surface area (Å²) in [5, 5.41) is 1.24. The maximum absolute atomic E-state index is 11.4. The van der Waals surface area contributed by atoms with Crippen molar-refractivity contribution in [2.45, 2.75) is 39.0 Å². The number of aromatic amines is 1. The molecular weight excluding hydrogens is 224 g/mol. The molecule has 1 aliphatic carbocycles. The Hall–Kier alpha value is -1.77. The summed E-state index contributed by atoms with van der Waals surface area (Å²) in [6, 6.07) is 8.19. The molecule has 18 heavy (non-hydrogen) atoms. The molecule has 1 atom stereocenters. The second kappa shape index (κ2) is 5.25. The molecule has 0 radical (unpaired) electrons. The smallest absolute Gasteiger partial charge is 0.226 e. The molecule has 1 aliphatic rings. The number of amides is 1. The molecule has 0 bridgehead atoms. The minimum atomic E-state index is -0.215. The van der Waals surface area contributed by atoms with Crippen LogP contribution in [-0.4, -0.2) is 10.9 Å². The van der Waals surface area contributed by atoms with Crippen LogP contribution >= 0.6 is 0 Å². The Morgan fingerprint density at radius 3 is 2.78 bits per heavy atom. The summed E-state index contributed by atoms with van der Waals surface area (Å²) in [6.45, 7) is 4.00. The molecule has 3 heteroatoms. The second-order valence-electron chi connectivity index (χ2n) is 4.41. The fourth-order valence-electron chi connectivity index (χ4n) is 2.70. The number of rotatable bonds is 1. The lowest BCUT2D eigenvalue weighted by Crippen LogP contribution is -2.24. The molecule has 1 unspecified atom stereocenters. The summed E-state index contributed by atoms with van der Waals surface area (Å²) in [6.07, 6.45) is 2.96. The summed E-state index contributed by atoms with van der Waals surface area (Å²) in [7, 11) is 0. The van der Waals surface area contributed by atoms with Gasteiger partial charge in [-0.15, -0.1) is 0 Å². The lowest BCUT2D eigenvalue weighted by Gasteiger charge is -2.19. The topological polar surface area (TPSA) is 58.9 Å². The standard InChI is InChI=1S/C13H14N2O.C2H6/c14-13(16)10-6-3-5-9-8-4-1-2-7-11(8)15-12(9)10;1-2/h1-2,4,7,10,15H,3,5-6H2,(H2,14,16);1-2H3. The van der Waals surface area contributed by atoms with Crippen molar-refractivity contribution in [3.8, 4) is 0 Å². The van der Waals surface area contributed by atoms with Gasteiger partial charge in [0, 0.05) is 16.6 Å². The highest BCUT2D eigenvalue weighted by Crippen LogP contribution is 2.35. The van der Waals surface area contributed by atoms with Gasteiger partial charge >= 0.3 is 0 Å². The van der Waals surface area contributed by atoms with Gasteiger partial charge in [0.15, 0.2) is 0 Å². The first-order valence-corrected chi connectivity index (χ1v) is 6.66. The van der Waals surface area contributed by atoms with Crippen LogP contribution in [0, 0.1) is 0 Å². The zero-order valence-electron chi connectivity index (χ0n) is 11.0. The zero-order valence-corrected chi connectivity index (χ0v) is 11.0. The van der Waals surface area contributed by atoms with Gasteiger partial charge in [0.05, 0.1) is 5.92 Å². The van der Waals surface area contributed by atoms with Crippen molar-refractivity contribution in [3.05, 3.63) is 35.5 Å².